The number of nitrogens with zero attached hydrogens (tertiary/aromatic N) is 2. The summed E-state index contributed by atoms with van der Waals surface area (Å²) in [5, 5.41) is 2.85. The van der Waals surface area contributed by atoms with Gasteiger partial charge in [-0.3, -0.25) is 4.79 Å². The Balaban J connectivity index is 1.61. The summed E-state index contributed by atoms with van der Waals surface area (Å²) in [6.07, 6.45) is 2.31. The Morgan fingerprint density at radius 3 is 2.87 bits per heavy atom. The number of benzene rings is 1. The lowest BCUT2D eigenvalue weighted by atomic mass is 10.1. The van der Waals surface area contributed by atoms with E-state index in [0.29, 0.717) is 47.8 Å². The minimum Gasteiger partial charge on any atom is -0.486 e. The van der Waals surface area contributed by atoms with Crippen LogP contribution in [0, 0.1) is 6.92 Å². The summed E-state index contributed by atoms with van der Waals surface area (Å²) < 4.78 is 11.1. The maximum Gasteiger partial charge on any atom is 0.260 e. The number of fused-ring (bicyclic) bond motifs is 1. The highest BCUT2D eigenvalue weighted by atomic mass is 16.6. The molecule has 1 aromatic heterocycles. The zero-order chi connectivity index (χ0) is 15.8. The van der Waals surface area contributed by atoms with Crippen LogP contribution in [0.4, 0.5) is 5.82 Å². The number of rotatable bonds is 3. The zero-order valence-corrected chi connectivity index (χ0v) is 12.8. The van der Waals surface area contributed by atoms with E-state index in [1.807, 2.05) is 13.0 Å². The lowest BCUT2D eigenvalue weighted by molar-refractivity contribution is 0.101. The van der Waals surface area contributed by atoms with Crippen LogP contribution in [0.3, 0.4) is 0 Å². The molecule has 23 heavy (non-hydrogen) atoms. The summed E-state index contributed by atoms with van der Waals surface area (Å²) in [6.45, 7) is 2.77. The van der Waals surface area contributed by atoms with Crippen LogP contribution in [0.2, 0.25) is 0 Å². The van der Waals surface area contributed by atoms with Crippen LogP contribution in [-0.4, -0.2) is 29.1 Å². The molecular formula is C17H17N3O3. The number of nitrogens with one attached hydrogen (secondary N) is 1. The number of carbonyl (C=O) groups excluding carboxylic acids is 1. The van der Waals surface area contributed by atoms with E-state index in [4.69, 9.17) is 9.47 Å². The Labute approximate surface area is 133 Å². The molecule has 2 aliphatic rings. The molecule has 0 atom stereocenters. The molecule has 0 unspecified atom stereocenters. The third kappa shape index (κ3) is 2.84. The number of aryl methyl sites for hydroxylation is 1. The second-order valence-corrected chi connectivity index (χ2v) is 5.78. The van der Waals surface area contributed by atoms with Crippen molar-refractivity contribution in [2.45, 2.75) is 25.7 Å². The summed E-state index contributed by atoms with van der Waals surface area (Å²) in [7, 11) is 0. The maximum atomic E-state index is 12.6. The quantitative estimate of drug-likeness (QED) is 0.943. The molecule has 6 nitrogen and oxygen atoms in total. The molecule has 1 fully saturated rings. The Hall–Kier alpha value is -2.63. The van der Waals surface area contributed by atoms with Crippen LogP contribution in [0.15, 0.2) is 24.3 Å². The highest BCUT2D eigenvalue weighted by Gasteiger charge is 2.26. The molecule has 0 saturated heterocycles. The topological polar surface area (TPSA) is 73.3 Å². The van der Waals surface area contributed by atoms with Crippen molar-refractivity contribution in [1.29, 1.82) is 0 Å². The van der Waals surface area contributed by atoms with Crippen molar-refractivity contribution in [3.63, 3.8) is 0 Å². The number of hydrogen-bond donors (Lipinski definition) is 1. The highest BCUT2D eigenvalue weighted by Crippen LogP contribution is 2.39. The van der Waals surface area contributed by atoms with Crippen LogP contribution < -0.4 is 14.8 Å². The first-order valence-corrected chi connectivity index (χ1v) is 7.76. The number of para-hydroxylation sites is 1. The van der Waals surface area contributed by atoms with E-state index in [1.165, 1.54) is 0 Å². The van der Waals surface area contributed by atoms with Gasteiger partial charge in [0.2, 0.25) is 0 Å². The monoisotopic (exact) mass is 311 g/mol. The van der Waals surface area contributed by atoms with Crippen molar-refractivity contribution < 1.29 is 14.3 Å². The molecule has 2 heterocycles. The number of carbonyl (C=O) groups is 1. The molecule has 1 saturated carbocycles. The SMILES string of the molecule is Cc1nc(NC(=O)c2cccc3c2OCCO3)cc(C2CC2)n1. The van der Waals surface area contributed by atoms with Crippen LogP contribution in [-0.2, 0) is 0 Å². The molecule has 0 radical (unpaired) electrons. The molecule has 1 N–H and O–H groups in total. The van der Waals surface area contributed by atoms with Gasteiger partial charge in [-0.25, -0.2) is 9.97 Å². The van der Waals surface area contributed by atoms with Crippen molar-refractivity contribution >= 4 is 11.7 Å². The molecule has 4 rings (SSSR count). The fraction of sp³-hybridized carbons (Fsp3) is 0.353. The molecule has 1 amide bonds. The Morgan fingerprint density at radius 2 is 2.04 bits per heavy atom. The maximum absolute atomic E-state index is 12.6. The summed E-state index contributed by atoms with van der Waals surface area (Å²) in [5.74, 6) is 2.53. The van der Waals surface area contributed by atoms with Gasteiger partial charge >= 0.3 is 0 Å². The molecule has 118 valence electrons. The number of anilines is 1. The molecule has 1 aliphatic heterocycles. The molecule has 2 aromatic rings. The van der Waals surface area contributed by atoms with Gasteiger partial charge in [-0.15, -0.1) is 0 Å². The minimum absolute atomic E-state index is 0.257. The Kier molecular flexibility index (Phi) is 3.37. The van der Waals surface area contributed by atoms with Gasteiger partial charge in [-0.1, -0.05) is 6.07 Å². The normalized spacial score (nSPS) is 16.0. The second-order valence-electron chi connectivity index (χ2n) is 5.78. The first kappa shape index (κ1) is 14.0. The largest absolute Gasteiger partial charge is 0.486 e. The number of hydrogen-bond acceptors (Lipinski definition) is 5. The van der Waals surface area contributed by atoms with E-state index < -0.39 is 0 Å². The Bertz CT molecular complexity index is 772. The number of amides is 1. The highest BCUT2D eigenvalue weighted by molar-refractivity contribution is 6.06. The van der Waals surface area contributed by atoms with E-state index in [9.17, 15) is 4.79 Å². The van der Waals surface area contributed by atoms with Gasteiger partial charge in [0.25, 0.3) is 5.91 Å². The van der Waals surface area contributed by atoms with Crippen molar-refractivity contribution in [2.24, 2.45) is 0 Å². The smallest absolute Gasteiger partial charge is 0.260 e. The molecule has 6 heteroatoms. The third-order valence-corrected chi connectivity index (χ3v) is 3.91. The van der Waals surface area contributed by atoms with E-state index in [1.54, 1.807) is 18.2 Å². The molecule has 1 aliphatic carbocycles. The predicted octanol–water partition coefficient (Wildman–Crippen LogP) is 2.69. The number of ether oxygens (including phenoxy) is 2. The van der Waals surface area contributed by atoms with Gasteiger partial charge in [-0.05, 0) is 31.9 Å². The van der Waals surface area contributed by atoms with Crippen LogP contribution in [0.25, 0.3) is 0 Å². The zero-order valence-electron chi connectivity index (χ0n) is 12.8. The molecular weight excluding hydrogens is 294 g/mol. The average Bonchev–Trinajstić information content (AvgIpc) is 3.38. The summed E-state index contributed by atoms with van der Waals surface area (Å²) in [5.41, 5.74) is 1.45. The van der Waals surface area contributed by atoms with Gasteiger partial charge in [0, 0.05) is 17.7 Å². The van der Waals surface area contributed by atoms with Gasteiger partial charge in [0.05, 0.1) is 5.56 Å². The van der Waals surface area contributed by atoms with Gasteiger partial charge < -0.3 is 14.8 Å². The molecule has 0 bridgehead atoms. The summed E-state index contributed by atoms with van der Waals surface area (Å²) in [4.78, 5) is 21.3. The fourth-order valence-corrected chi connectivity index (χ4v) is 2.68. The lowest BCUT2D eigenvalue weighted by Gasteiger charge is -2.20. The van der Waals surface area contributed by atoms with Gasteiger partial charge in [0.1, 0.15) is 24.9 Å². The summed E-state index contributed by atoms with van der Waals surface area (Å²) in [6, 6.07) is 7.16. The van der Waals surface area contributed by atoms with Crippen LogP contribution >= 0.6 is 0 Å². The van der Waals surface area contributed by atoms with E-state index in [-0.39, 0.29) is 5.91 Å². The van der Waals surface area contributed by atoms with Crippen molar-refractivity contribution in [1.82, 2.24) is 9.97 Å². The minimum atomic E-state index is -0.257. The summed E-state index contributed by atoms with van der Waals surface area (Å²) >= 11 is 0. The van der Waals surface area contributed by atoms with Gasteiger partial charge in [-0.2, -0.15) is 0 Å². The lowest BCUT2D eigenvalue weighted by Crippen LogP contribution is -2.20. The first-order chi connectivity index (χ1) is 11.2. The van der Waals surface area contributed by atoms with Crippen molar-refractivity contribution in [2.75, 3.05) is 18.5 Å². The van der Waals surface area contributed by atoms with E-state index >= 15 is 0 Å². The van der Waals surface area contributed by atoms with Crippen molar-refractivity contribution in [3.8, 4) is 11.5 Å². The first-order valence-electron chi connectivity index (χ1n) is 7.76. The standard InChI is InChI=1S/C17H17N3O3/c1-10-18-13(11-5-6-11)9-15(19-10)20-17(21)12-3-2-4-14-16(12)23-8-7-22-14/h2-4,9,11H,5-8H2,1H3,(H,18,19,20,21). The van der Waals surface area contributed by atoms with E-state index in [0.717, 1.165) is 18.5 Å². The predicted molar refractivity (Wildman–Crippen MR) is 84.1 cm³/mol. The average molecular weight is 311 g/mol. The molecule has 1 aromatic carbocycles. The van der Waals surface area contributed by atoms with Crippen LogP contribution in [0.1, 0.15) is 40.6 Å². The second kappa shape index (κ2) is 5.53. The number of aromatic nitrogens is 2. The van der Waals surface area contributed by atoms with Gasteiger partial charge in [0.15, 0.2) is 11.5 Å². The van der Waals surface area contributed by atoms with E-state index in [2.05, 4.69) is 15.3 Å². The molecule has 0 spiro atoms. The van der Waals surface area contributed by atoms with Crippen LogP contribution in [0.5, 0.6) is 11.5 Å². The van der Waals surface area contributed by atoms with Crippen molar-refractivity contribution in [3.05, 3.63) is 41.3 Å². The Morgan fingerprint density at radius 1 is 1.22 bits per heavy atom. The fourth-order valence-electron chi connectivity index (χ4n) is 2.68. The third-order valence-electron chi connectivity index (χ3n) is 3.91.